The maximum absolute atomic E-state index is 11.6. The fourth-order valence-electron chi connectivity index (χ4n) is 1.21. The van der Waals surface area contributed by atoms with Gasteiger partial charge >= 0.3 is 0 Å². The van der Waals surface area contributed by atoms with Crippen molar-refractivity contribution in [1.82, 2.24) is 15.2 Å². The lowest BCUT2D eigenvalue weighted by Crippen LogP contribution is -2.39. The smallest absolute Gasteiger partial charge is 0.251 e. The van der Waals surface area contributed by atoms with Crippen molar-refractivity contribution in [3.05, 3.63) is 33.2 Å². The summed E-state index contributed by atoms with van der Waals surface area (Å²) in [7, 11) is 1.83. The Balaban J connectivity index is 0.00000289. The van der Waals surface area contributed by atoms with E-state index in [9.17, 15) is 9.59 Å². The number of aromatic nitrogens is 1. The number of nitrogens with one attached hydrogen (secondary N) is 2. The number of pyridine rings is 1. The number of rotatable bonds is 5. The van der Waals surface area contributed by atoms with Gasteiger partial charge in [-0.25, -0.2) is 0 Å². The number of halogens is 2. The van der Waals surface area contributed by atoms with Crippen molar-refractivity contribution in [1.29, 1.82) is 0 Å². The Kier molecular flexibility index (Phi) is 7.90. The molecule has 1 aromatic rings. The third kappa shape index (κ3) is 5.66. The topological polar surface area (TPSA) is 63.1 Å². The normalized spacial score (nSPS) is 11.5. The van der Waals surface area contributed by atoms with Crippen molar-refractivity contribution in [2.24, 2.45) is 0 Å². The minimum absolute atomic E-state index is 0. The lowest BCUT2D eigenvalue weighted by molar-refractivity contribution is -0.121. The summed E-state index contributed by atoms with van der Waals surface area (Å²) in [4.78, 5) is 23.0. The number of carbonyl (C=O) groups is 1. The van der Waals surface area contributed by atoms with Crippen LogP contribution in [0, 0.1) is 0 Å². The van der Waals surface area contributed by atoms with E-state index in [2.05, 4.69) is 26.6 Å². The van der Waals surface area contributed by atoms with E-state index < -0.39 is 0 Å². The van der Waals surface area contributed by atoms with E-state index >= 15 is 0 Å². The van der Waals surface area contributed by atoms with Crippen molar-refractivity contribution in [2.45, 2.75) is 19.5 Å². The zero-order valence-electron chi connectivity index (χ0n) is 10.3. The largest absolute Gasteiger partial charge is 0.353 e. The second-order valence-electron chi connectivity index (χ2n) is 3.81. The molecule has 0 fully saturated rings. The quantitative estimate of drug-likeness (QED) is 0.833. The fourth-order valence-corrected chi connectivity index (χ4v) is 1.58. The van der Waals surface area contributed by atoms with Crippen LogP contribution in [0.25, 0.3) is 0 Å². The van der Waals surface area contributed by atoms with Gasteiger partial charge in [0, 0.05) is 29.3 Å². The Morgan fingerprint density at radius 1 is 1.50 bits per heavy atom. The van der Waals surface area contributed by atoms with Crippen molar-refractivity contribution >= 4 is 34.2 Å². The highest BCUT2D eigenvalue weighted by Gasteiger charge is 2.06. The summed E-state index contributed by atoms with van der Waals surface area (Å²) < 4.78 is 2.14. The monoisotopic (exact) mass is 337 g/mol. The molecule has 1 rings (SSSR count). The average molecular weight is 339 g/mol. The van der Waals surface area contributed by atoms with Crippen LogP contribution in [0.4, 0.5) is 0 Å². The standard InChI is InChI=1S/C11H16BrN3O2.ClH/c1-8(13-2)5-14-10(16)7-15-6-9(12)3-4-11(15)17;/h3-4,6,8,13H,5,7H2,1-2H3,(H,14,16);1H. The lowest BCUT2D eigenvalue weighted by Gasteiger charge is -2.12. The molecule has 0 aliphatic rings. The number of carbonyl (C=O) groups excluding carboxylic acids is 1. The Bertz CT molecular complexity index is 450. The maximum Gasteiger partial charge on any atom is 0.251 e. The summed E-state index contributed by atoms with van der Waals surface area (Å²) in [6.07, 6.45) is 1.60. The second-order valence-corrected chi connectivity index (χ2v) is 4.72. The minimum atomic E-state index is -0.190. The Morgan fingerprint density at radius 3 is 2.78 bits per heavy atom. The van der Waals surface area contributed by atoms with Crippen LogP contribution in [0.2, 0.25) is 0 Å². The SMILES string of the molecule is CNC(C)CNC(=O)Cn1cc(Br)ccc1=O.Cl. The Morgan fingerprint density at radius 2 is 2.17 bits per heavy atom. The van der Waals surface area contributed by atoms with E-state index in [-0.39, 0.29) is 36.5 Å². The van der Waals surface area contributed by atoms with E-state index in [0.717, 1.165) is 4.47 Å². The molecule has 18 heavy (non-hydrogen) atoms. The molecule has 5 nitrogen and oxygen atoms in total. The van der Waals surface area contributed by atoms with Crippen molar-refractivity contribution in [2.75, 3.05) is 13.6 Å². The van der Waals surface area contributed by atoms with E-state index in [1.807, 2.05) is 14.0 Å². The third-order valence-electron chi connectivity index (χ3n) is 2.36. The summed E-state index contributed by atoms with van der Waals surface area (Å²) in [5, 5.41) is 5.77. The van der Waals surface area contributed by atoms with Gasteiger partial charge in [-0.15, -0.1) is 12.4 Å². The molecule has 1 aromatic heterocycles. The highest BCUT2D eigenvalue weighted by Crippen LogP contribution is 2.04. The number of amides is 1. The van der Waals surface area contributed by atoms with Crippen LogP contribution < -0.4 is 16.2 Å². The molecule has 1 heterocycles. The van der Waals surface area contributed by atoms with Crippen LogP contribution in [0.1, 0.15) is 6.92 Å². The van der Waals surface area contributed by atoms with Gasteiger partial charge in [0.05, 0.1) is 0 Å². The van der Waals surface area contributed by atoms with Gasteiger partial charge in [-0.3, -0.25) is 9.59 Å². The van der Waals surface area contributed by atoms with Gasteiger partial charge in [0.25, 0.3) is 5.56 Å². The van der Waals surface area contributed by atoms with Gasteiger partial charge in [-0.2, -0.15) is 0 Å². The van der Waals surface area contributed by atoms with Gasteiger partial charge in [-0.1, -0.05) is 0 Å². The molecule has 1 amide bonds. The maximum atomic E-state index is 11.6. The lowest BCUT2D eigenvalue weighted by atomic mass is 10.3. The first-order valence-electron chi connectivity index (χ1n) is 5.33. The summed E-state index contributed by atoms with van der Waals surface area (Å²) in [6.45, 7) is 2.54. The zero-order chi connectivity index (χ0) is 12.8. The molecular weight excluding hydrogens is 321 g/mol. The highest BCUT2D eigenvalue weighted by molar-refractivity contribution is 9.10. The molecule has 0 spiro atoms. The molecule has 1 unspecified atom stereocenters. The number of hydrogen-bond donors (Lipinski definition) is 2. The van der Waals surface area contributed by atoms with E-state index in [1.54, 1.807) is 12.3 Å². The predicted molar refractivity (Wildman–Crippen MR) is 77.2 cm³/mol. The van der Waals surface area contributed by atoms with E-state index in [0.29, 0.717) is 6.54 Å². The highest BCUT2D eigenvalue weighted by atomic mass is 79.9. The molecule has 102 valence electrons. The first-order chi connectivity index (χ1) is 8.02. The van der Waals surface area contributed by atoms with Crippen molar-refractivity contribution in [3.63, 3.8) is 0 Å². The second kappa shape index (κ2) is 8.29. The predicted octanol–water partition coefficient (Wildman–Crippen LogP) is 0.757. The van der Waals surface area contributed by atoms with E-state index in [4.69, 9.17) is 0 Å². The molecule has 7 heteroatoms. The third-order valence-corrected chi connectivity index (χ3v) is 2.83. The molecule has 0 aliphatic carbocycles. The molecular formula is C11H17BrClN3O2. The fraction of sp³-hybridized carbons (Fsp3) is 0.455. The van der Waals surface area contributed by atoms with E-state index in [1.165, 1.54) is 10.6 Å². The van der Waals surface area contributed by atoms with Crippen LogP contribution in [0.15, 0.2) is 27.6 Å². The number of likely N-dealkylation sites (N-methyl/N-ethyl adjacent to an activating group) is 1. The molecule has 0 radical (unpaired) electrons. The van der Waals surface area contributed by atoms with Gasteiger partial charge in [0.1, 0.15) is 6.54 Å². The molecule has 0 saturated carbocycles. The number of hydrogen-bond acceptors (Lipinski definition) is 3. The van der Waals surface area contributed by atoms with Gasteiger partial charge < -0.3 is 15.2 Å². The summed E-state index contributed by atoms with van der Waals surface area (Å²) in [5.41, 5.74) is -0.190. The van der Waals surface area contributed by atoms with Gasteiger partial charge in [0.2, 0.25) is 5.91 Å². The molecule has 2 N–H and O–H groups in total. The summed E-state index contributed by atoms with van der Waals surface area (Å²) in [6, 6.07) is 3.28. The van der Waals surface area contributed by atoms with Crippen LogP contribution in [-0.4, -0.2) is 30.1 Å². The van der Waals surface area contributed by atoms with Crippen LogP contribution in [0.5, 0.6) is 0 Å². The van der Waals surface area contributed by atoms with Crippen molar-refractivity contribution in [3.8, 4) is 0 Å². The Labute approximate surface area is 120 Å². The minimum Gasteiger partial charge on any atom is -0.353 e. The van der Waals surface area contributed by atoms with Crippen molar-refractivity contribution < 1.29 is 4.79 Å². The molecule has 0 aromatic carbocycles. The van der Waals surface area contributed by atoms with Crippen LogP contribution in [-0.2, 0) is 11.3 Å². The zero-order valence-corrected chi connectivity index (χ0v) is 12.7. The molecule has 0 aliphatic heterocycles. The van der Waals surface area contributed by atoms with Crippen LogP contribution >= 0.6 is 28.3 Å². The Hall–Kier alpha value is -0.850. The average Bonchev–Trinajstić information content (AvgIpc) is 2.30. The molecule has 0 bridgehead atoms. The first-order valence-corrected chi connectivity index (χ1v) is 6.12. The van der Waals surface area contributed by atoms with Gasteiger partial charge in [-0.05, 0) is 36.0 Å². The molecule has 0 saturated heterocycles. The summed E-state index contributed by atoms with van der Waals surface area (Å²) in [5.74, 6) is -0.174. The number of nitrogens with zero attached hydrogens (tertiary/aromatic N) is 1. The first kappa shape index (κ1) is 17.2. The summed E-state index contributed by atoms with van der Waals surface area (Å²) >= 11 is 3.26. The molecule has 1 atom stereocenters. The van der Waals surface area contributed by atoms with Gasteiger partial charge in [0.15, 0.2) is 0 Å². The van der Waals surface area contributed by atoms with Crippen LogP contribution in [0.3, 0.4) is 0 Å².